The molecule has 0 saturated carbocycles. The van der Waals surface area contributed by atoms with Gasteiger partial charge in [-0.1, -0.05) is 24.3 Å². The van der Waals surface area contributed by atoms with Crippen LogP contribution in [0, 0.1) is 0 Å². The first-order valence-electron chi connectivity index (χ1n) is 10.8. The van der Waals surface area contributed by atoms with Crippen molar-refractivity contribution >= 4 is 38.9 Å². The van der Waals surface area contributed by atoms with E-state index in [2.05, 4.69) is 16.4 Å². The number of nitrogens with zero attached hydrogens (tertiary/aromatic N) is 1. The van der Waals surface area contributed by atoms with Crippen LogP contribution in [0.1, 0.15) is 33.8 Å². The fourth-order valence-corrected chi connectivity index (χ4v) is 4.69. The quantitative estimate of drug-likeness (QED) is 0.382. The average molecular weight is 459 g/mol. The van der Waals surface area contributed by atoms with Crippen LogP contribution in [0.5, 0.6) is 11.5 Å². The van der Waals surface area contributed by atoms with Crippen molar-refractivity contribution in [2.75, 3.05) is 18.5 Å². The third-order valence-corrected chi connectivity index (χ3v) is 6.41. The van der Waals surface area contributed by atoms with Crippen molar-refractivity contribution in [1.29, 1.82) is 0 Å². The van der Waals surface area contributed by atoms with Gasteiger partial charge >= 0.3 is 0 Å². The molecular formula is C26H22N2O4S. The molecule has 1 aromatic heterocycles. The topological polar surface area (TPSA) is 77.5 Å². The average Bonchev–Trinajstić information content (AvgIpc) is 3.26. The molecule has 0 saturated heterocycles. The normalized spacial score (nSPS) is 12.5. The molecule has 166 valence electrons. The van der Waals surface area contributed by atoms with Crippen LogP contribution >= 0.6 is 11.3 Å². The summed E-state index contributed by atoms with van der Waals surface area (Å²) in [6.07, 6.45) is 0.986. The first-order chi connectivity index (χ1) is 16.1. The van der Waals surface area contributed by atoms with E-state index in [9.17, 15) is 9.59 Å². The number of aromatic nitrogens is 1. The zero-order valence-electron chi connectivity index (χ0n) is 17.9. The SMILES string of the molecule is O=C(CCC(=O)c1ccc2c(c1)OCCO2)Nc1ccc(Cc2nc3ccccc3s2)cc1. The number of para-hydroxylation sites is 1. The molecule has 2 heterocycles. The summed E-state index contributed by atoms with van der Waals surface area (Å²) in [5, 5.41) is 3.92. The van der Waals surface area contributed by atoms with Gasteiger partial charge in [-0.05, 0) is 48.0 Å². The number of hydrogen-bond acceptors (Lipinski definition) is 6. The van der Waals surface area contributed by atoms with E-state index >= 15 is 0 Å². The number of hydrogen-bond donors (Lipinski definition) is 1. The molecule has 4 aromatic rings. The van der Waals surface area contributed by atoms with E-state index < -0.39 is 0 Å². The monoisotopic (exact) mass is 458 g/mol. The molecule has 0 atom stereocenters. The van der Waals surface area contributed by atoms with Crippen LogP contribution in [-0.2, 0) is 11.2 Å². The van der Waals surface area contributed by atoms with Gasteiger partial charge in [0.2, 0.25) is 5.91 Å². The van der Waals surface area contributed by atoms with Gasteiger partial charge in [0.05, 0.1) is 15.2 Å². The summed E-state index contributed by atoms with van der Waals surface area (Å²) in [7, 11) is 0. The Hall–Kier alpha value is -3.71. The van der Waals surface area contributed by atoms with Gasteiger partial charge in [0.25, 0.3) is 0 Å². The number of fused-ring (bicyclic) bond motifs is 2. The molecule has 0 fully saturated rings. The van der Waals surface area contributed by atoms with Crippen LogP contribution in [-0.4, -0.2) is 29.9 Å². The van der Waals surface area contributed by atoms with E-state index in [1.54, 1.807) is 29.5 Å². The summed E-state index contributed by atoms with van der Waals surface area (Å²) in [4.78, 5) is 29.5. The lowest BCUT2D eigenvalue weighted by molar-refractivity contribution is -0.116. The molecule has 1 aliphatic heterocycles. The number of ether oxygens (including phenoxy) is 2. The third-order valence-electron chi connectivity index (χ3n) is 5.37. The lowest BCUT2D eigenvalue weighted by atomic mass is 10.1. The Morgan fingerprint density at radius 3 is 2.52 bits per heavy atom. The van der Waals surface area contributed by atoms with Crippen molar-refractivity contribution in [1.82, 2.24) is 4.98 Å². The van der Waals surface area contributed by atoms with E-state index in [-0.39, 0.29) is 24.5 Å². The van der Waals surface area contributed by atoms with Crippen molar-refractivity contribution < 1.29 is 19.1 Å². The Balaban J connectivity index is 1.13. The fraction of sp³-hybridized carbons (Fsp3) is 0.192. The van der Waals surface area contributed by atoms with Crippen LogP contribution in [0.25, 0.3) is 10.2 Å². The van der Waals surface area contributed by atoms with Gasteiger partial charge in [-0.25, -0.2) is 4.98 Å². The number of anilines is 1. The highest BCUT2D eigenvalue weighted by Crippen LogP contribution is 2.31. The predicted molar refractivity (Wildman–Crippen MR) is 128 cm³/mol. The molecule has 7 heteroatoms. The van der Waals surface area contributed by atoms with Crippen molar-refractivity contribution in [3.8, 4) is 11.5 Å². The van der Waals surface area contributed by atoms with Crippen LogP contribution in [0.15, 0.2) is 66.7 Å². The molecule has 0 aliphatic carbocycles. The molecule has 1 amide bonds. The summed E-state index contributed by atoms with van der Waals surface area (Å²) in [6.45, 7) is 0.968. The molecule has 0 radical (unpaired) electrons. The van der Waals surface area contributed by atoms with Gasteiger partial charge in [-0.3, -0.25) is 9.59 Å². The lowest BCUT2D eigenvalue weighted by Crippen LogP contribution is -2.16. The van der Waals surface area contributed by atoms with Crippen LogP contribution in [0.3, 0.4) is 0 Å². The molecule has 33 heavy (non-hydrogen) atoms. The molecule has 1 N–H and O–H groups in total. The van der Waals surface area contributed by atoms with Crippen molar-refractivity contribution in [2.45, 2.75) is 19.3 Å². The number of amides is 1. The van der Waals surface area contributed by atoms with E-state index in [1.807, 2.05) is 42.5 Å². The van der Waals surface area contributed by atoms with Crippen molar-refractivity contribution in [3.63, 3.8) is 0 Å². The summed E-state index contributed by atoms with van der Waals surface area (Å²) < 4.78 is 12.2. The first-order valence-corrected chi connectivity index (χ1v) is 11.6. The molecule has 0 bridgehead atoms. The minimum atomic E-state index is -0.195. The Kier molecular flexibility index (Phi) is 6.04. The van der Waals surface area contributed by atoms with Crippen molar-refractivity contribution in [2.24, 2.45) is 0 Å². The molecule has 0 spiro atoms. The zero-order valence-corrected chi connectivity index (χ0v) is 18.7. The Morgan fingerprint density at radius 1 is 0.909 bits per heavy atom. The molecular weight excluding hydrogens is 436 g/mol. The van der Waals surface area contributed by atoms with Gasteiger partial charge < -0.3 is 14.8 Å². The number of rotatable bonds is 7. The Labute approximate surface area is 195 Å². The predicted octanol–water partition coefficient (Wildman–Crippen LogP) is 5.26. The minimum absolute atomic E-state index is 0.103. The summed E-state index contributed by atoms with van der Waals surface area (Å²) >= 11 is 1.69. The Bertz CT molecular complexity index is 1280. The third kappa shape index (κ3) is 5.04. The summed E-state index contributed by atoms with van der Waals surface area (Å²) in [5.41, 5.74) is 3.37. The number of carbonyl (C=O) groups excluding carboxylic acids is 2. The standard InChI is InChI=1S/C26H22N2O4S/c29-21(18-7-11-22-23(16-18)32-14-13-31-22)10-12-25(30)27-19-8-5-17(6-9-19)15-26-28-20-3-1-2-4-24(20)33-26/h1-9,11,16H,10,12-15H2,(H,27,30). The number of ketones is 1. The minimum Gasteiger partial charge on any atom is -0.486 e. The zero-order chi connectivity index (χ0) is 22.6. The molecule has 6 nitrogen and oxygen atoms in total. The highest BCUT2D eigenvalue weighted by molar-refractivity contribution is 7.18. The molecule has 1 aliphatic rings. The lowest BCUT2D eigenvalue weighted by Gasteiger charge is -2.18. The van der Waals surface area contributed by atoms with Crippen molar-refractivity contribution in [3.05, 3.63) is 82.9 Å². The second-order valence-corrected chi connectivity index (χ2v) is 8.89. The summed E-state index contributed by atoms with van der Waals surface area (Å²) in [6, 6.07) is 21.0. The second-order valence-electron chi connectivity index (χ2n) is 7.78. The van der Waals surface area contributed by atoms with E-state index in [0.29, 0.717) is 36.0 Å². The number of benzene rings is 3. The highest BCUT2D eigenvalue weighted by atomic mass is 32.1. The van der Waals surface area contributed by atoms with Gasteiger partial charge in [-0.15, -0.1) is 11.3 Å². The van der Waals surface area contributed by atoms with E-state index in [4.69, 9.17) is 9.47 Å². The second kappa shape index (κ2) is 9.42. The highest BCUT2D eigenvalue weighted by Gasteiger charge is 2.16. The number of thiazole rings is 1. The number of Topliss-reactive ketones (excluding diaryl/α,β-unsaturated/α-hetero) is 1. The van der Waals surface area contributed by atoms with E-state index in [1.165, 1.54) is 4.70 Å². The Morgan fingerprint density at radius 2 is 1.70 bits per heavy atom. The van der Waals surface area contributed by atoms with Crippen LogP contribution in [0.4, 0.5) is 5.69 Å². The van der Waals surface area contributed by atoms with Crippen LogP contribution in [0.2, 0.25) is 0 Å². The maximum Gasteiger partial charge on any atom is 0.224 e. The van der Waals surface area contributed by atoms with Crippen LogP contribution < -0.4 is 14.8 Å². The maximum absolute atomic E-state index is 12.5. The maximum atomic E-state index is 12.5. The smallest absolute Gasteiger partial charge is 0.224 e. The molecule has 0 unspecified atom stereocenters. The number of carbonyl (C=O) groups is 2. The van der Waals surface area contributed by atoms with Gasteiger partial charge in [0.15, 0.2) is 17.3 Å². The number of nitrogens with one attached hydrogen (secondary N) is 1. The molecule has 5 rings (SSSR count). The first kappa shape index (κ1) is 21.2. The fourth-order valence-electron chi connectivity index (χ4n) is 3.69. The molecule has 3 aromatic carbocycles. The largest absolute Gasteiger partial charge is 0.486 e. The van der Waals surface area contributed by atoms with Gasteiger partial charge in [-0.2, -0.15) is 0 Å². The van der Waals surface area contributed by atoms with Gasteiger partial charge in [0, 0.05) is 30.5 Å². The van der Waals surface area contributed by atoms with E-state index in [0.717, 1.165) is 22.5 Å². The van der Waals surface area contributed by atoms with Gasteiger partial charge in [0.1, 0.15) is 13.2 Å². The summed E-state index contributed by atoms with van der Waals surface area (Å²) in [5.74, 6) is 0.915.